The van der Waals surface area contributed by atoms with Crippen LogP contribution in [0.4, 0.5) is 0 Å². The van der Waals surface area contributed by atoms with Gasteiger partial charge in [-0.1, -0.05) is 0 Å². The van der Waals surface area contributed by atoms with E-state index in [1.165, 1.54) is 0 Å². The first-order valence-electron chi connectivity index (χ1n) is 4.71. The maximum absolute atomic E-state index is 6.05. The van der Waals surface area contributed by atoms with Crippen LogP contribution >= 0.6 is 0 Å². The topological polar surface area (TPSA) is 64.7 Å². The van der Waals surface area contributed by atoms with Crippen LogP contribution in [-0.2, 0) is 0 Å². The van der Waals surface area contributed by atoms with Crippen molar-refractivity contribution in [2.45, 2.75) is 13.0 Å². The van der Waals surface area contributed by atoms with Crippen LogP contribution in [-0.4, -0.2) is 15.0 Å². The molecule has 0 saturated heterocycles. The molecular formula is C11H12N4. The third-order valence-electron chi connectivity index (χ3n) is 2.18. The molecule has 0 aliphatic rings. The monoisotopic (exact) mass is 200 g/mol. The van der Waals surface area contributed by atoms with Crippen LogP contribution in [0.1, 0.15) is 23.0 Å². The maximum atomic E-state index is 6.05. The van der Waals surface area contributed by atoms with Crippen LogP contribution in [0.5, 0.6) is 0 Å². The summed E-state index contributed by atoms with van der Waals surface area (Å²) in [6.07, 6.45) is 6.71. The van der Waals surface area contributed by atoms with Crippen molar-refractivity contribution in [3.63, 3.8) is 0 Å². The molecule has 0 aliphatic heterocycles. The first-order valence-corrected chi connectivity index (χ1v) is 4.71. The second kappa shape index (κ2) is 4.14. The molecule has 1 atom stereocenters. The van der Waals surface area contributed by atoms with Gasteiger partial charge in [-0.25, -0.2) is 0 Å². The average Bonchev–Trinajstić information content (AvgIpc) is 2.29. The molecule has 2 heterocycles. The van der Waals surface area contributed by atoms with E-state index in [9.17, 15) is 0 Å². The third kappa shape index (κ3) is 2.16. The predicted octanol–water partition coefficient (Wildman–Crippen LogP) is 1.23. The van der Waals surface area contributed by atoms with Crippen molar-refractivity contribution in [2.75, 3.05) is 0 Å². The van der Waals surface area contributed by atoms with E-state index in [1.54, 1.807) is 24.8 Å². The fourth-order valence-corrected chi connectivity index (χ4v) is 1.40. The highest BCUT2D eigenvalue weighted by Gasteiger charge is 2.09. The lowest BCUT2D eigenvalue weighted by Gasteiger charge is -2.10. The minimum Gasteiger partial charge on any atom is -0.319 e. The average molecular weight is 200 g/mol. The number of hydrogen-bond acceptors (Lipinski definition) is 4. The Kier molecular flexibility index (Phi) is 2.69. The summed E-state index contributed by atoms with van der Waals surface area (Å²) in [6, 6.07) is 3.62. The van der Waals surface area contributed by atoms with Gasteiger partial charge in [0.2, 0.25) is 0 Å². The second-order valence-electron chi connectivity index (χ2n) is 3.34. The largest absolute Gasteiger partial charge is 0.319 e. The first-order chi connectivity index (χ1) is 7.27. The molecule has 0 aromatic carbocycles. The number of aryl methyl sites for hydroxylation is 1. The summed E-state index contributed by atoms with van der Waals surface area (Å²) in [4.78, 5) is 12.3. The lowest BCUT2D eigenvalue weighted by atomic mass is 10.1. The van der Waals surface area contributed by atoms with Gasteiger partial charge in [0, 0.05) is 24.3 Å². The molecule has 76 valence electrons. The number of pyridine rings is 1. The Hall–Kier alpha value is -1.81. The molecule has 0 spiro atoms. The van der Waals surface area contributed by atoms with E-state index in [0.717, 1.165) is 17.0 Å². The summed E-state index contributed by atoms with van der Waals surface area (Å²) in [5, 5.41) is 0. The van der Waals surface area contributed by atoms with Gasteiger partial charge in [-0.15, -0.1) is 0 Å². The first kappa shape index (κ1) is 9.73. The number of aromatic nitrogens is 3. The van der Waals surface area contributed by atoms with Crippen molar-refractivity contribution in [2.24, 2.45) is 5.73 Å². The van der Waals surface area contributed by atoms with Gasteiger partial charge in [0.05, 0.1) is 17.9 Å². The molecule has 4 heteroatoms. The van der Waals surface area contributed by atoms with Gasteiger partial charge in [0.25, 0.3) is 0 Å². The zero-order valence-corrected chi connectivity index (χ0v) is 8.46. The fraction of sp³-hybridized carbons (Fsp3) is 0.182. The van der Waals surface area contributed by atoms with Gasteiger partial charge in [0.15, 0.2) is 0 Å². The van der Waals surface area contributed by atoms with Gasteiger partial charge in [-0.3, -0.25) is 15.0 Å². The highest BCUT2D eigenvalue weighted by atomic mass is 14.8. The summed E-state index contributed by atoms with van der Waals surface area (Å²) < 4.78 is 0. The maximum Gasteiger partial charge on any atom is 0.0799 e. The summed E-state index contributed by atoms with van der Waals surface area (Å²) in [5.74, 6) is 0. The minimum atomic E-state index is -0.236. The fourth-order valence-electron chi connectivity index (χ4n) is 1.40. The molecule has 2 aromatic rings. The van der Waals surface area contributed by atoms with Crippen molar-refractivity contribution in [3.8, 4) is 0 Å². The Balaban J connectivity index is 2.32. The van der Waals surface area contributed by atoms with Gasteiger partial charge >= 0.3 is 0 Å². The molecule has 0 radical (unpaired) electrons. The van der Waals surface area contributed by atoms with E-state index in [4.69, 9.17) is 5.73 Å². The lowest BCUT2D eigenvalue weighted by molar-refractivity contribution is 0.813. The Morgan fingerprint density at radius 3 is 2.73 bits per heavy atom. The standard InChI is InChI=1S/C11H12N4/c1-8-6-9(2-3-14-8)11(12)10-7-13-4-5-15-10/h2-7,11H,12H2,1H3. The van der Waals surface area contributed by atoms with Crippen LogP contribution in [0.3, 0.4) is 0 Å². The van der Waals surface area contributed by atoms with Crippen LogP contribution in [0.15, 0.2) is 36.9 Å². The van der Waals surface area contributed by atoms with Gasteiger partial charge in [0.1, 0.15) is 0 Å². The molecule has 4 nitrogen and oxygen atoms in total. The van der Waals surface area contributed by atoms with E-state index < -0.39 is 0 Å². The van der Waals surface area contributed by atoms with E-state index in [0.29, 0.717) is 0 Å². The summed E-state index contributed by atoms with van der Waals surface area (Å²) in [7, 11) is 0. The number of nitrogens with two attached hydrogens (primary N) is 1. The second-order valence-corrected chi connectivity index (χ2v) is 3.34. The molecule has 0 saturated carbocycles. The smallest absolute Gasteiger partial charge is 0.0799 e. The Bertz CT molecular complexity index is 441. The quantitative estimate of drug-likeness (QED) is 0.791. The molecule has 2 aromatic heterocycles. The van der Waals surface area contributed by atoms with Crippen LogP contribution in [0, 0.1) is 6.92 Å². The Morgan fingerprint density at radius 2 is 2.07 bits per heavy atom. The van der Waals surface area contributed by atoms with E-state index >= 15 is 0 Å². The zero-order valence-electron chi connectivity index (χ0n) is 8.46. The lowest BCUT2D eigenvalue weighted by Crippen LogP contribution is -2.13. The Morgan fingerprint density at radius 1 is 1.20 bits per heavy atom. The van der Waals surface area contributed by atoms with Crippen LogP contribution in [0.25, 0.3) is 0 Å². The molecule has 0 bridgehead atoms. The molecule has 0 amide bonds. The highest BCUT2D eigenvalue weighted by Crippen LogP contribution is 2.16. The molecule has 0 fully saturated rings. The molecular weight excluding hydrogens is 188 g/mol. The summed E-state index contributed by atoms with van der Waals surface area (Å²) >= 11 is 0. The van der Waals surface area contributed by atoms with Crippen molar-refractivity contribution in [1.82, 2.24) is 15.0 Å². The number of rotatable bonds is 2. The normalized spacial score (nSPS) is 12.4. The molecule has 15 heavy (non-hydrogen) atoms. The van der Waals surface area contributed by atoms with Crippen molar-refractivity contribution >= 4 is 0 Å². The Labute approximate surface area is 88.2 Å². The van der Waals surface area contributed by atoms with Crippen LogP contribution < -0.4 is 5.73 Å². The van der Waals surface area contributed by atoms with Crippen molar-refractivity contribution in [1.29, 1.82) is 0 Å². The van der Waals surface area contributed by atoms with Gasteiger partial charge < -0.3 is 5.73 Å². The molecule has 2 N–H and O–H groups in total. The molecule has 1 unspecified atom stereocenters. The van der Waals surface area contributed by atoms with E-state index in [-0.39, 0.29) is 6.04 Å². The summed E-state index contributed by atoms with van der Waals surface area (Å²) in [5.41, 5.74) is 8.78. The van der Waals surface area contributed by atoms with E-state index in [1.807, 2.05) is 19.1 Å². The number of hydrogen-bond donors (Lipinski definition) is 1. The predicted molar refractivity (Wildman–Crippen MR) is 57.0 cm³/mol. The van der Waals surface area contributed by atoms with E-state index in [2.05, 4.69) is 15.0 Å². The molecule has 2 rings (SSSR count). The highest BCUT2D eigenvalue weighted by molar-refractivity contribution is 5.25. The molecule has 0 aliphatic carbocycles. The minimum absolute atomic E-state index is 0.236. The van der Waals surface area contributed by atoms with Gasteiger partial charge in [-0.2, -0.15) is 0 Å². The third-order valence-corrected chi connectivity index (χ3v) is 2.18. The number of nitrogens with zero attached hydrogens (tertiary/aromatic N) is 3. The van der Waals surface area contributed by atoms with Crippen molar-refractivity contribution in [3.05, 3.63) is 53.9 Å². The zero-order chi connectivity index (χ0) is 10.7. The van der Waals surface area contributed by atoms with Gasteiger partial charge in [-0.05, 0) is 24.6 Å². The summed E-state index contributed by atoms with van der Waals surface area (Å²) in [6.45, 7) is 1.94. The van der Waals surface area contributed by atoms with Crippen molar-refractivity contribution < 1.29 is 0 Å². The SMILES string of the molecule is Cc1cc(C(N)c2cnccn2)ccn1. The van der Waals surface area contributed by atoms with Crippen LogP contribution in [0.2, 0.25) is 0 Å².